The fraction of sp³-hybridized carbons (Fsp3) is 0.111. The molecular weight excluding hydrogens is 140 g/mol. The molecule has 1 aromatic carbocycles. The molecule has 1 rings (SSSR count). The molecule has 0 aromatic heterocycles. The fourth-order valence-electron chi connectivity index (χ4n) is 0.762. The van der Waals surface area contributed by atoms with Gasteiger partial charge in [0.1, 0.15) is 19.1 Å². The van der Waals surface area contributed by atoms with Crippen molar-refractivity contribution in [2.24, 2.45) is 0 Å². The molecule has 0 fully saturated rings. The summed E-state index contributed by atoms with van der Waals surface area (Å²) in [6.07, 6.45) is 2.13. The van der Waals surface area contributed by atoms with Crippen LogP contribution in [0.1, 0.15) is 5.56 Å². The number of ether oxygens (including phenoxy) is 1. The van der Waals surface area contributed by atoms with Gasteiger partial charge < -0.3 is 9.84 Å². The molecule has 0 amide bonds. The summed E-state index contributed by atoms with van der Waals surface area (Å²) < 4.78 is 4.94. The third-order valence-corrected chi connectivity index (χ3v) is 1.25. The molecule has 0 spiro atoms. The summed E-state index contributed by atoms with van der Waals surface area (Å²) in [7, 11) is 0. The van der Waals surface area contributed by atoms with E-state index in [9.17, 15) is 0 Å². The highest BCUT2D eigenvalue weighted by atomic mass is 16.5. The van der Waals surface area contributed by atoms with Crippen LogP contribution in [0, 0.1) is 0 Å². The zero-order chi connectivity index (χ0) is 7.94. The minimum absolute atomic E-state index is 0.498. The first-order chi connectivity index (χ1) is 5.43. The zero-order valence-electron chi connectivity index (χ0n) is 6.10. The maximum absolute atomic E-state index is 8.24. The molecule has 1 N–H and O–H groups in total. The van der Waals surface area contributed by atoms with Crippen LogP contribution in [0.15, 0.2) is 42.9 Å². The van der Waals surface area contributed by atoms with Crippen LogP contribution in [0.5, 0.6) is 0 Å². The van der Waals surface area contributed by atoms with E-state index in [4.69, 9.17) is 9.84 Å². The SMILES string of the molecule is OC=COCc1ccccc1. The normalized spacial score (nSPS) is 10.2. The number of aliphatic hydroxyl groups excluding tert-OH is 1. The van der Waals surface area contributed by atoms with Crippen molar-refractivity contribution >= 4 is 0 Å². The molecule has 0 saturated carbocycles. The van der Waals surface area contributed by atoms with Crippen molar-refractivity contribution in [2.45, 2.75) is 6.61 Å². The van der Waals surface area contributed by atoms with Gasteiger partial charge in [-0.3, -0.25) is 0 Å². The quantitative estimate of drug-likeness (QED) is 0.669. The summed E-state index contributed by atoms with van der Waals surface area (Å²) >= 11 is 0. The van der Waals surface area contributed by atoms with Gasteiger partial charge >= 0.3 is 0 Å². The van der Waals surface area contributed by atoms with Gasteiger partial charge in [-0.2, -0.15) is 0 Å². The number of rotatable bonds is 3. The van der Waals surface area contributed by atoms with Gasteiger partial charge in [0, 0.05) is 0 Å². The summed E-state index contributed by atoms with van der Waals surface area (Å²) in [6.45, 7) is 0.498. The van der Waals surface area contributed by atoms with Crippen molar-refractivity contribution in [3.8, 4) is 0 Å². The van der Waals surface area contributed by atoms with Crippen LogP contribution in [0.25, 0.3) is 0 Å². The minimum Gasteiger partial charge on any atom is -0.512 e. The lowest BCUT2D eigenvalue weighted by molar-refractivity contribution is 0.226. The third kappa shape index (κ3) is 2.76. The molecule has 0 aliphatic heterocycles. The van der Waals surface area contributed by atoms with Crippen molar-refractivity contribution in [2.75, 3.05) is 0 Å². The molecule has 2 nitrogen and oxygen atoms in total. The zero-order valence-corrected chi connectivity index (χ0v) is 6.10. The van der Waals surface area contributed by atoms with Crippen molar-refractivity contribution in [1.29, 1.82) is 0 Å². The molecular formula is C9H10O2. The van der Waals surface area contributed by atoms with E-state index in [1.165, 1.54) is 6.26 Å². The van der Waals surface area contributed by atoms with Crippen molar-refractivity contribution in [3.05, 3.63) is 48.4 Å². The largest absolute Gasteiger partial charge is 0.512 e. The average molecular weight is 150 g/mol. The van der Waals surface area contributed by atoms with Gasteiger partial charge in [0.25, 0.3) is 0 Å². The van der Waals surface area contributed by atoms with E-state index in [2.05, 4.69) is 0 Å². The van der Waals surface area contributed by atoms with E-state index in [0.717, 1.165) is 11.8 Å². The van der Waals surface area contributed by atoms with Crippen LogP contribution < -0.4 is 0 Å². The molecule has 0 unspecified atom stereocenters. The number of aliphatic hydroxyl groups is 1. The monoisotopic (exact) mass is 150 g/mol. The third-order valence-electron chi connectivity index (χ3n) is 1.25. The van der Waals surface area contributed by atoms with Crippen LogP contribution in [-0.2, 0) is 11.3 Å². The maximum Gasteiger partial charge on any atom is 0.118 e. The molecule has 11 heavy (non-hydrogen) atoms. The van der Waals surface area contributed by atoms with Crippen LogP contribution in [0.4, 0.5) is 0 Å². The second kappa shape index (κ2) is 4.39. The summed E-state index contributed by atoms with van der Waals surface area (Å²) in [4.78, 5) is 0. The Morgan fingerprint density at radius 1 is 1.27 bits per heavy atom. The highest BCUT2D eigenvalue weighted by molar-refractivity contribution is 5.13. The van der Waals surface area contributed by atoms with Crippen LogP contribution in [0.3, 0.4) is 0 Å². The minimum atomic E-state index is 0.498. The van der Waals surface area contributed by atoms with E-state index in [-0.39, 0.29) is 0 Å². The van der Waals surface area contributed by atoms with Crippen molar-refractivity contribution in [3.63, 3.8) is 0 Å². The summed E-state index contributed by atoms with van der Waals surface area (Å²) in [5.74, 6) is 0. The Bertz CT molecular complexity index is 216. The second-order valence-electron chi connectivity index (χ2n) is 2.08. The summed E-state index contributed by atoms with van der Waals surface area (Å²) in [5.41, 5.74) is 1.09. The summed E-state index contributed by atoms with van der Waals surface area (Å²) in [6, 6.07) is 9.77. The molecule has 0 saturated heterocycles. The van der Waals surface area contributed by atoms with Gasteiger partial charge in [-0.25, -0.2) is 0 Å². The predicted molar refractivity (Wildman–Crippen MR) is 43.0 cm³/mol. The Kier molecular flexibility index (Phi) is 3.06. The van der Waals surface area contributed by atoms with Gasteiger partial charge in [-0.1, -0.05) is 30.3 Å². The van der Waals surface area contributed by atoms with Crippen molar-refractivity contribution in [1.82, 2.24) is 0 Å². The Balaban J connectivity index is 2.39. The van der Waals surface area contributed by atoms with Crippen molar-refractivity contribution < 1.29 is 9.84 Å². The molecule has 0 bridgehead atoms. The van der Waals surface area contributed by atoms with Gasteiger partial charge in [-0.15, -0.1) is 0 Å². The summed E-state index contributed by atoms with van der Waals surface area (Å²) in [5, 5.41) is 8.24. The van der Waals surface area contributed by atoms with E-state index in [0.29, 0.717) is 6.61 Å². The molecule has 0 heterocycles. The Hall–Kier alpha value is -1.44. The van der Waals surface area contributed by atoms with E-state index in [1.807, 2.05) is 30.3 Å². The first-order valence-electron chi connectivity index (χ1n) is 3.38. The Labute approximate surface area is 65.7 Å². The van der Waals surface area contributed by atoms with E-state index >= 15 is 0 Å². The molecule has 0 aliphatic carbocycles. The molecule has 58 valence electrons. The topological polar surface area (TPSA) is 29.5 Å². The number of hydrogen-bond donors (Lipinski definition) is 1. The van der Waals surface area contributed by atoms with Crippen LogP contribution >= 0.6 is 0 Å². The van der Waals surface area contributed by atoms with E-state index < -0.39 is 0 Å². The van der Waals surface area contributed by atoms with Gasteiger partial charge in [-0.05, 0) is 5.56 Å². The van der Waals surface area contributed by atoms with Gasteiger partial charge in [0.2, 0.25) is 0 Å². The second-order valence-corrected chi connectivity index (χ2v) is 2.08. The Morgan fingerprint density at radius 2 is 2.00 bits per heavy atom. The van der Waals surface area contributed by atoms with Crippen LogP contribution in [0.2, 0.25) is 0 Å². The molecule has 2 heteroatoms. The molecule has 0 aliphatic rings. The lowest BCUT2D eigenvalue weighted by Gasteiger charge is -1.98. The lowest BCUT2D eigenvalue weighted by Crippen LogP contribution is -1.84. The lowest BCUT2D eigenvalue weighted by atomic mass is 10.2. The first kappa shape index (κ1) is 7.66. The molecule has 0 atom stereocenters. The maximum atomic E-state index is 8.24. The highest BCUT2D eigenvalue weighted by Crippen LogP contribution is 1.99. The fourth-order valence-corrected chi connectivity index (χ4v) is 0.762. The molecule has 0 radical (unpaired) electrons. The van der Waals surface area contributed by atoms with Gasteiger partial charge in [0.15, 0.2) is 0 Å². The predicted octanol–water partition coefficient (Wildman–Crippen LogP) is 2.23. The standard InChI is InChI=1S/C9H10O2/c10-6-7-11-8-9-4-2-1-3-5-9/h1-7,10H,8H2. The molecule has 1 aromatic rings. The average Bonchev–Trinajstić information content (AvgIpc) is 2.07. The van der Waals surface area contributed by atoms with E-state index in [1.54, 1.807) is 0 Å². The number of benzene rings is 1. The van der Waals surface area contributed by atoms with Crippen LogP contribution in [-0.4, -0.2) is 5.11 Å². The number of hydrogen-bond acceptors (Lipinski definition) is 2. The van der Waals surface area contributed by atoms with Gasteiger partial charge in [0.05, 0.1) is 0 Å². The Morgan fingerprint density at radius 3 is 2.64 bits per heavy atom. The smallest absolute Gasteiger partial charge is 0.118 e. The first-order valence-corrected chi connectivity index (χ1v) is 3.38. The highest BCUT2D eigenvalue weighted by Gasteiger charge is 1.86.